The first-order valence-electron chi connectivity index (χ1n) is 10.3. The van der Waals surface area contributed by atoms with Gasteiger partial charge in [-0.1, -0.05) is 36.7 Å². The number of hydrogen-bond acceptors (Lipinski definition) is 5. The number of halogens is 1. The number of fused-ring (bicyclic) bond motifs is 3. The van der Waals surface area contributed by atoms with E-state index in [2.05, 4.69) is 20.9 Å². The average Bonchev–Trinajstić information content (AvgIpc) is 3.28. The Morgan fingerprint density at radius 3 is 2.75 bits per heavy atom. The van der Waals surface area contributed by atoms with E-state index in [9.17, 15) is 9.59 Å². The molecule has 2 atom stereocenters. The van der Waals surface area contributed by atoms with Crippen LogP contribution >= 0.6 is 22.9 Å². The van der Waals surface area contributed by atoms with Crippen LogP contribution in [0.25, 0.3) is 5.00 Å². The Labute approximate surface area is 194 Å². The van der Waals surface area contributed by atoms with Crippen molar-refractivity contribution in [3.63, 3.8) is 0 Å². The van der Waals surface area contributed by atoms with Gasteiger partial charge in [0, 0.05) is 38.8 Å². The van der Waals surface area contributed by atoms with Gasteiger partial charge < -0.3 is 10.4 Å². The van der Waals surface area contributed by atoms with E-state index in [0.29, 0.717) is 18.0 Å². The Balaban J connectivity index is 1.71. The van der Waals surface area contributed by atoms with Crippen LogP contribution < -0.4 is 5.32 Å². The molecule has 1 aromatic carbocycles. The third-order valence-corrected chi connectivity index (χ3v) is 6.90. The molecular weight excluding hydrogens is 448 g/mol. The highest BCUT2D eigenvalue weighted by Gasteiger charge is 2.26. The lowest BCUT2D eigenvalue weighted by molar-refractivity contribution is -0.141. The van der Waals surface area contributed by atoms with E-state index in [1.807, 2.05) is 37.4 Å². The summed E-state index contributed by atoms with van der Waals surface area (Å²) in [6, 6.07) is 8.74. The molecule has 0 saturated carbocycles. The van der Waals surface area contributed by atoms with Gasteiger partial charge in [0.05, 0.1) is 12.3 Å². The van der Waals surface area contributed by atoms with E-state index in [1.165, 1.54) is 6.92 Å². The maximum Gasteiger partial charge on any atom is 0.325 e. The topological polar surface area (TPSA) is 96.6 Å². The zero-order valence-electron chi connectivity index (χ0n) is 17.9. The van der Waals surface area contributed by atoms with Crippen molar-refractivity contribution in [2.45, 2.75) is 39.8 Å². The zero-order chi connectivity index (χ0) is 23.0. The number of benzene rings is 1. The van der Waals surface area contributed by atoms with E-state index in [4.69, 9.17) is 21.7 Å². The largest absolute Gasteiger partial charge is 0.480 e. The number of rotatable bonds is 6. The summed E-state index contributed by atoms with van der Waals surface area (Å²) in [5.74, 6) is -0.886. The van der Waals surface area contributed by atoms with E-state index < -0.39 is 12.0 Å². The van der Waals surface area contributed by atoms with E-state index in [-0.39, 0.29) is 11.8 Å². The van der Waals surface area contributed by atoms with Crippen molar-refractivity contribution in [3.8, 4) is 5.00 Å². The predicted molar refractivity (Wildman–Crippen MR) is 125 cm³/mol. The fourth-order valence-electron chi connectivity index (χ4n) is 3.67. The number of aromatic nitrogens is 2. The van der Waals surface area contributed by atoms with Crippen LogP contribution in [-0.4, -0.2) is 38.3 Å². The Morgan fingerprint density at radius 2 is 2.03 bits per heavy atom. The third-order valence-electron chi connectivity index (χ3n) is 5.42. The quantitative estimate of drug-likeness (QED) is 0.568. The molecule has 0 bridgehead atoms. The number of amides is 1. The molecule has 4 rings (SSSR count). The molecule has 3 heterocycles. The smallest absolute Gasteiger partial charge is 0.325 e. The number of aliphatic imine (C=N–C) groups is 1. The lowest BCUT2D eigenvalue weighted by Gasteiger charge is -2.14. The van der Waals surface area contributed by atoms with Crippen LogP contribution in [0.4, 0.5) is 0 Å². The highest BCUT2D eigenvalue weighted by atomic mass is 35.5. The van der Waals surface area contributed by atoms with Gasteiger partial charge in [0.1, 0.15) is 16.9 Å². The van der Waals surface area contributed by atoms with Gasteiger partial charge in [0.15, 0.2) is 0 Å². The monoisotopic (exact) mass is 470 g/mol. The number of aryl methyl sites for hydroxylation is 1. The first-order valence-corrected chi connectivity index (χ1v) is 11.4. The molecule has 2 N–H and O–H groups in total. The first-order chi connectivity index (χ1) is 15.3. The summed E-state index contributed by atoms with van der Waals surface area (Å²) in [5, 5.41) is 13.2. The maximum atomic E-state index is 12.5. The highest BCUT2D eigenvalue weighted by Crippen LogP contribution is 2.35. The van der Waals surface area contributed by atoms with Gasteiger partial charge in [-0.2, -0.15) is 0 Å². The second-order valence-electron chi connectivity index (χ2n) is 7.90. The van der Waals surface area contributed by atoms with Gasteiger partial charge in [0.25, 0.3) is 0 Å². The molecule has 3 aromatic rings. The minimum absolute atomic E-state index is 0.289. The molecule has 0 fully saturated rings. The van der Waals surface area contributed by atoms with Crippen LogP contribution in [0.15, 0.2) is 41.5 Å². The molecule has 1 aliphatic rings. The lowest BCUT2D eigenvalue weighted by atomic mass is 10.0. The first kappa shape index (κ1) is 22.2. The van der Waals surface area contributed by atoms with Gasteiger partial charge in [-0.15, -0.1) is 11.3 Å². The zero-order valence-corrected chi connectivity index (χ0v) is 19.5. The Morgan fingerprint density at radius 1 is 1.28 bits per heavy atom. The lowest BCUT2D eigenvalue weighted by Crippen LogP contribution is -2.41. The molecule has 32 heavy (non-hydrogen) atoms. The van der Waals surface area contributed by atoms with Crippen LogP contribution in [0.5, 0.6) is 0 Å². The number of thiophene rings is 1. The van der Waals surface area contributed by atoms with Crippen LogP contribution in [0.1, 0.15) is 41.4 Å². The number of hydrogen-bond donors (Lipinski definition) is 2. The standard InChI is InChI=1S/C23H23ClN4O3S/c1-12(21(29)27-14(3)23(30)31)8-15-9-17-20(16-6-4-5-7-18(16)24)26-11-19-25-10-13(2)28(19)22(17)32-15/h4-7,9-10,12,14H,8,11H2,1-3H3,(H,27,29)(H,30,31). The Bertz CT molecular complexity index is 1230. The molecule has 0 saturated heterocycles. The molecular formula is C23H23ClN4O3S. The molecule has 2 aromatic heterocycles. The second-order valence-corrected chi connectivity index (χ2v) is 9.42. The molecule has 2 unspecified atom stereocenters. The number of carbonyl (C=O) groups excluding carboxylic acids is 1. The highest BCUT2D eigenvalue weighted by molar-refractivity contribution is 7.15. The predicted octanol–water partition coefficient (Wildman–Crippen LogP) is 4.01. The Hall–Kier alpha value is -2.97. The Kier molecular flexibility index (Phi) is 6.17. The molecule has 0 radical (unpaired) electrons. The van der Waals surface area contributed by atoms with Gasteiger partial charge >= 0.3 is 5.97 Å². The van der Waals surface area contributed by atoms with E-state index >= 15 is 0 Å². The molecule has 166 valence electrons. The summed E-state index contributed by atoms with van der Waals surface area (Å²) in [4.78, 5) is 33.9. The van der Waals surface area contributed by atoms with Crippen molar-refractivity contribution in [2.24, 2.45) is 10.9 Å². The molecule has 9 heteroatoms. The number of carbonyl (C=O) groups is 2. The van der Waals surface area contributed by atoms with Crippen molar-refractivity contribution in [3.05, 3.63) is 69.1 Å². The SMILES string of the molecule is Cc1cnc2n1-c1sc(CC(C)C(=O)NC(C)C(=O)O)cc1C(c1ccccc1Cl)=NC2. The summed E-state index contributed by atoms with van der Waals surface area (Å²) >= 11 is 8.09. The minimum atomic E-state index is -1.06. The summed E-state index contributed by atoms with van der Waals surface area (Å²) < 4.78 is 2.11. The molecule has 0 spiro atoms. The average molecular weight is 471 g/mol. The summed E-state index contributed by atoms with van der Waals surface area (Å²) in [6.07, 6.45) is 2.31. The van der Waals surface area contributed by atoms with Crippen molar-refractivity contribution in [1.29, 1.82) is 0 Å². The molecule has 7 nitrogen and oxygen atoms in total. The number of imidazole rings is 1. The molecule has 0 aliphatic carbocycles. The maximum absolute atomic E-state index is 12.5. The second kappa shape index (κ2) is 8.88. The number of carboxylic acid groups (broad SMARTS) is 1. The van der Waals surface area contributed by atoms with Gasteiger partial charge in [-0.25, -0.2) is 4.98 Å². The minimum Gasteiger partial charge on any atom is -0.480 e. The normalized spacial score (nSPS) is 14.6. The number of aliphatic carboxylic acids is 1. The third kappa shape index (κ3) is 4.20. The summed E-state index contributed by atoms with van der Waals surface area (Å²) in [5.41, 5.74) is 3.61. The van der Waals surface area contributed by atoms with Crippen molar-refractivity contribution in [1.82, 2.24) is 14.9 Å². The van der Waals surface area contributed by atoms with Crippen LogP contribution in [0.2, 0.25) is 5.02 Å². The van der Waals surface area contributed by atoms with Crippen molar-refractivity contribution in [2.75, 3.05) is 0 Å². The number of nitrogens with one attached hydrogen (secondary N) is 1. The number of nitrogens with zero attached hydrogens (tertiary/aromatic N) is 3. The van der Waals surface area contributed by atoms with Crippen LogP contribution in [0.3, 0.4) is 0 Å². The fraction of sp³-hybridized carbons (Fsp3) is 0.304. The van der Waals surface area contributed by atoms with Gasteiger partial charge in [-0.05, 0) is 32.4 Å². The molecule has 1 aliphatic heterocycles. The summed E-state index contributed by atoms with van der Waals surface area (Å²) in [6.45, 7) is 5.70. The van der Waals surface area contributed by atoms with E-state index in [0.717, 1.165) is 38.2 Å². The van der Waals surface area contributed by atoms with Gasteiger partial charge in [-0.3, -0.25) is 19.1 Å². The van der Waals surface area contributed by atoms with Gasteiger partial charge in [0.2, 0.25) is 5.91 Å². The van der Waals surface area contributed by atoms with E-state index in [1.54, 1.807) is 18.3 Å². The summed E-state index contributed by atoms with van der Waals surface area (Å²) in [7, 11) is 0. The van der Waals surface area contributed by atoms with Crippen molar-refractivity contribution < 1.29 is 14.7 Å². The van der Waals surface area contributed by atoms with Crippen LogP contribution in [0, 0.1) is 12.8 Å². The fourth-order valence-corrected chi connectivity index (χ4v) is 5.26. The number of carboxylic acids is 1. The van der Waals surface area contributed by atoms with Crippen LogP contribution in [-0.2, 0) is 22.6 Å². The molecule has 1 amide bonds. The van der Waals surface area contributed by atoms with Crippen molar-refractivity contribution >= 4 is 40.5 Å².